The van der Waals surface area contributed by atoms with Crippen molar-refractivity contribution in [3.05, 3.63) is 39.7 Å². The molecule has 1 aromatic carbocycles. The number of hydrogen-bond donors (Lipinski definition) is 0. The fourth-order valence-electron chi connectivity index (χ4n) is 3.73. The van der Waals surface area contributed by atoms with Crippen LogP contribution in [0.25, 0.3) is 10.9 Å². The number of fused-ring (bicyclic) bond motifs is 1. The lowest BCUT2D eigenvalue weighted by molar-refractivity contribution is 0.00660. The third-order valence-corrected chi connectivity index (χ3v) is 7.00. The Morgan fingerprint density at radius 2 is 2.03 bits per heavy atom. The summed E-state index contributed by atoms with van der Waals surface area (Å²) in [7, 11) is 0. The predicted octanol–water partition coefficient (Wildman–Crippen LogP) is 4.38. The predicted molar refractivity (Wildman–Crippen MR) is 117 cm³/mol. The summed E-state index contributed by atoms with van der Waals surface area (Å²) < 4.78 is 38.4. The van der Waals surface area contributed by atoms with Crippen molar-refractivity contribution in [2.45, 2.75) is 76.7 Å². The maximum absolute atomic E-state index is 14.5. The summed E-state index contributed by atoms with van der Waals surface area (Å²) in [5, 5.41) is 0.229. The van der Waals surface area contributed by atoms with E-state index in [1.165, 1.54) is 12.1 Å². The molecule has 4 rings (SSSR count). The SMILES string of the molecule is CC(=N[S@+]([O-])C(C)(C)C)c1cc(F)cc2c(=O)n(C3CC3)c([C@H]3CCCCO3)nc12. The number of nitrogens with zero attached hydrogens (tertiary/aromatic N) is 3. The van der Waals surface area contributed by atoms with Gasteiger partial charge in [-0.1, -0.05) is 4.40 Å². The van der Waals surface area contributed by atoms with Crippen LogP contribution in [0.4, 0.5) is 4.39 Å². The maximum Gasteiger partial charge on any atom is 0.261 e. The standard InChI is InChI=1S/C22H28FN3O3S/c1-13(25-30(28)22(2,3)4)16-11-14(23)12-17-19(16)24-20(18-7-5-6-10-29-18)26(21(17)27)15-8-9-15/h11-12,15,18H,5-10H2,1-4H3/t18-,30-/m1/s1. The average Bonchev–Trinajstić information content (AvgIpc) is 3.52. The third-order valence-electron chi connectivity index (χ3n) is 5.51. The smallest absolute Gasteiger partial charge is 0.261 e. The first-order valence-electron chi connectivity index (χ1n) is 10.5. The topological polar surface area (TPSA) is 79.5 Å². The van der Waals surface area contributed by atoms with Gasteiger partial charge in [-0.2, -0.15) is 0 Å². The Labute approximate surface area is 178 Å². The van der Waals surface area contributed by atoms with Crippen molar-refractivity contribution >= 4 is 28.0 Å². The molecule has 6 nitrogen and oxygen atoms in total. The van der Waals surface area contributed by atoms with Crippen LogP contribution in [0.15, 0.2) is 21.3 Å². The van der Waals surface area contributed by atoms with E-state index in [0.29, 0.717) is 29.2 Å². The molecule has 0 spiro atoms. The van der Waals surface area contributed by atoms with E-state index >= 15 is 0 Å². The summed E-state index contributed by atoms with van der Waals surface area (Å²) >= 11 is -1.50. The molecule has 1 saturated carbocycles. The van der Waals surface area contributed by atoms with Gasteiger partial charge < -0.3 is 9.29 Å². The minimum atomic E-state index is -1.50. The average molecular weight is 434 g/mol. The second kappa shape index (κ2) is 8.05. The number of ether oxygens (including phenoxy) is 1. The van der Waals surface area contributed by atoms with Crippen molar-refractivity contribution in [1.29, 1.82) is 0 Å². The van der Waals surface area contributed by atoms with Gasteiger partial charge >= 0.3 is 0 Å². The Morgan fingerprint density at radius 1 is 1.30 bits per heavy atom. The van der Waals surface area contributed by atoms with E-state index in [4.69, 9.17) is 9.72 Å². The molecule has 1 saturated heterocycles. The van der Waals surface area contributed by atoms with Gasteiger partial charge in [0.2, 0.25) is 0 Å². The molecular formula is C22H28FN3O3S. The van der Waals surface area contributed by atoms with Crippen LogP contribution in [0.1, 0.15) is 83.3 Å². The van der Waals surface area contributed by atoms with Crippen LogP contribution in [-0.4, -0.2) is 31.2 Å². The molecule has 0 unspecified atom stereocenters. The highest BCUT2D eigenvalue weighted by Gasteiger charge is 2.33. The molecule has 0 amide bonds. The van der Waals surface area contributed by atoms with Gasteiger partial charge in [0.05, 0.1) is 16.6 Å². The van der Waals surface area contributed by atoms with E-state index in [0.717, 1.165) is 32.1 Å². The van der Waals surface area contributed by atoms with E-state index in [2.05, 4.69) is 4.40 Å². The molecule has 1 aliphatic carbocycles. The fraction of sp³-hybridized carbons (Fsp3) is 0.591. The van der Waals surface area contributed by atoms with Gasteiger partial charge in [0.15, 0.2) is 0 Å². The van der Waals surface area contributed by atoms with Crippen molar-refractivity contribution in [2.24, 2.45) is 4.40 Å². The Morgan fingerprint density at radius 3 is 2.63 bits per heavy atom. The van der Waals surface area contributed by atoms with Crippen LogP contribution in [0.5, 0.6) is 0 Å². The van der Waals surface area contributed by atoms with Gasteiger partial charge in [0, 0.05) is 18.2 Å². The highest BCUT2D eigenvalue weighted by atomic mass is 32.2. The zero-order valence-electron chi connectivity index (χ0n) is 17.9. The molecule has 2 aliphatic rings. The Kier molecular flexibility index (Phi) is 5.76. The van der Waals surface area contributed by atoms with Crippen LogP contribution in [0.2, 0.25) is 0 Å². The van der Waals surface area contributed by atoms with E-state index in [-0.39, 0.29) is 23.1 Å². The number of rotatable bonds is 4. The largest absolute Gasteiger partial charge is 0.591 e. The molecular weight excluding hydrogens is 405 g/mol. The molecule has 30 heavy (non-hydrogen) atoms. The van der Waals surface area contributed by atoms with Crippen molar-refractivity contribution in [3.8, 4) is 0 Å². The lowest BCUT2D eigenvalue weighted by atomic mass is 10.0. The highest BCUT2D eigenvalue weighted by Crippen LogP contribution is 2.38. The van der Waals surface area contributed by atoms with E-state index in [1.807, 2.05) is 20.8 Å². The summed E-state index contributed by atoms with van der Waals surface area (Å²) in [5.41, 5.74) is 0.964. The number of halogens is 1. The Hall–Kier alpha value is -1.77. The quantitative estimate of drug-likeness (QED) is 0.529. The Balaban J connectivity index is 1.93. The number of hydrogen-bond acceptors (Lipinski definition) is 5. The number of aromatic nitrogens is 2. The van der Waals surface area contributed by atoms with E-state index in [9.17, 15) is 13.7 Å². The molecule has 2 atom stereocenters. The Bertz CT molecular complexity index is 1050. The summed E-state index contributed by atoms with van der Waals surface area (Å²) in [6.45, 7) is 7.81. The van der Waals surface area contributed by atoms with Crippen LogP contribution >= 0.6 is 0 Å². The van der Waals surface area contributed by atoms with E-state index < -0.39 is 21.9 Å². The van der Waals surface area contributed by atoms with Crippen LogP contribution in [-0.2, 0) is 16.1 Å². The molecule has 0 radical (unpaired) electrons. The molecule has 0 N–H and O–H groups in total. The molecule has 162 valence electrons. The second-order valence-electron chi connectivity index (χ2n) is 9.12. The monoisotopic (exact) mass is 433 g/mol. The van der Waals surface area contributed by atoms with Crippen molar-refractivity contribution < 1.29 is 13.7 Å². The molecule has 1 aliphatic heterocycles. The van der Waals surface area contributed by atoms with Crippen LogP contribution in [0.3, 0.4) is 0 Å². The first-order valence-corrected chi connectivity index (χ1v) is 11.6. The zero-order chi connectivity index (χ0) is 21.6. The molecule has 8 heteroatoms. The lowest BCUT2D eigenvalue weighted by Gasteiger charge is -2.25. The first kappa shape index (κ1) is 21.5. The van der Waals surface area contributed by atoms with Gasteiger partial charge in [-0.3, -0.25) is 9.36 Å². The van der Waals surface area contributed by atoms with Crippen molar-refractivity contribution in [3.63, 3.8) is 0 Å². The van der Waals surface area contributed by atoms with Crippen molar-refractivity contribution in [2.75, 3.05) is 6.61 Å². The second-order valence-corrected chi connectivity index (χ2v) is 11.0. The number of benzene rings is 1. The van der Waals surface area contributed by atoms with Gasteiger partial charge in [0.1, 0.15) is 33.9 Å². The lowest BCUT2D eigenvalue weighted by Crippen LogP contribution is -2.29. The van der Waals surface area contributed by atoms with Gasteiger partial charge in [0.25, 0.3) is 5.56 Å². The summed E-state index contributed by atoms with van der Waals surface area (Å²) in [5.74, 6) is 0.0869. The van der Waals surface area contributed by atoms with Gasteiger partial charge in [-0.25, -0.2) is 9.37 Å². The summed E-state index contributed by atoms with van der Waals surface area (Å²) in [6, 6.07) is 2.66. The molecule has 0 bridgehead atoms. The van der Waals surface area contributed by atoms with Crippen LogP contribution in [0, 0.1) is 5.82 Å². The first-order chi connectivity index (χ1) is 14.2. The zero-order valence-corrected chi connectivity index (χ0v) is 18.7. The normalized spacial score (nSPS) is 21.8. The van der Waals surface area contributed by atoms with Crippen LogP contribution < -0.4 is 5.56 Å². The molecule has 2 aromatic rings. The molecule has 2 heterocycles. The molecule has 1 aromatic heterocycles. The highest BCUT2D eigenvalue weighted by molar-refractivity contribution is 7.91. The summed E-state index contributed by atoms with van der Waals surface area (Å²) in [6.07, 6.45) is 4.42. The summed E-state index contributed by atoms with van der Waals surface area (Å²) in [4.78, 5) is 18.2. The minimum absolute atomic E-state index is 0.102. The minimum Gasteiger partial charge on any atom is -0.591 e. The van der Waals surface area contributed by atoms with Gasteiger partial charge in [-0.05, 0) is 71.9 Å². The van der Waals surface area contributed by atoms with Crippen molar-refractivity contribution in [1.82, 2.24) is 9.55 Å². The third kappa shape index (κ3) is 4.18. The van der Waals surface area contributed by atoms with Gasteiger partial charge in [-0.15, -0.1) is 0 Å². The maximum atomic E-state index is 14.5. The van der Waals surface area contributed by atoms with E-state index in [1.54, 1.807) is 11.5 Å². The fourth-order valence-corrected chi connectivity index (χ4v) is 4.35. The molecule has 2 fully saturated rings.